The van der Waals surface area contributed by atoms with Gasteiger partial charge in [-0.25, -0.2) is 0 Å². The van der Waals surface area contributed by atoms with Gasteiger partial charge >= 0.3 is 0 Å². The summed E-state index contributed by atoms with van der Waals surface area (Å²) in [5, 5.41) is 0. The van der Waals surface area contributed by atoms with Crippen molar-refractivity contribution < 1.29 is 9.47 Å². The minimum absolute atomic E-state index is 0.851. The SMILES string of the molecule is CCCOCCCc1ccc(C)c(OC)c1. The Morgan fingerprint density at radius 3 is 2.69 bits per heavy atom. The summed E-state index contributed by atoms with van der Waals surface area (Å²) >= 11 is 0. The second kappa shape index (κ2) is 7.29. The zero-order chi connectivity index (χ0) is 11.8. The molecule has 90 valence electrons. The Hall–Kier alpha value is -1.02. The molecular formula is C14H22O2. The maximum Gasteiger partial charge on any atom is 0.122 e. The van der Waals surface area contributed by atoms with Crippen LogP contribution in [0.2, 0.25) is 0 Å². The molecule has 0 aliphatic rings. The zero-order valence-electron chi connectivity index (χ0n) is 10.6. The van der Waals surface area contributed by atoms with Crippen LogP contribution in [0.1, 0.15) is 30.9 Å². The first-order chi connectivity index (χ1) is 7.77. The molecule has 0 bridgehead atoms. The molecule has 0 heterocycles. The van der Waals surface area contributed by atoms with Crippen molar-refractivity contribution in [3.63, 3.8) is 0 Å². The third-order valence-corrected chi connectivity index (χ3v) is 2.58. The van der Waals surface area contributed by atoms with Crippen molar-refractivity contribution in [1.82, 2.24) is 0 Å². The van der Waals surface area contributed by atoms with E-state index in [1.807, 2.05) is 0 Å². The molecule has 0 spiro atoms. The molecule has 0 N–H and O–H groups in total. The number of hydrogen-bond acceptors (Lipinski definition) is 2. The highest BCUT2D eigenvalue weighted by Gasteiger charge is 2.00. The van der Waals surface area contributed by atoms with E-state index in [2.05, 4.69) is 32.0 Å². The molecular weight excluding hydrogens is 200 g/mol. The van der Waals surface area contributed by atoms with Gasteiger partial charge in [-0.1, -0.05) is 19.1 Å². The maximum atomic E-state index is 5.45. The van der Waals surface area contributed by atoms with E-state index in [0.717, 1.165) is 38.2 Å². The topological polar surface area (TPSA) is 18.5 Å². The number of hydrogen-bond donors (Lipinski definition) is 0. The number of benzene rings is 1. The van der Waals surface area contributed by atoms with Gasteiger partial charge in [-0.15, -0.1) is 0 Å². The van der Waals surface area contributed by atoms with Crippen LogP contribution in [0.25, 0.3) is 0 Å². The van der Waals surface area contributed by atoms with Crippen molar-refractivity contribution in [2.45, 2.75) is 33.1 Å². The van der Waals surface area contributed by atoms with Crippen molar-refractivity contribution in [1.29, 1.82) is 0 Å². The summed E-state index contributed by atoms with van der Waals surface area (Å²) in [5.41, 5.74) is 2.51. The molecule has 0 aromatic heterocycles. The highest BCUT2D eigenvalue weighted by Crippen LogP contribution is 2.19. The first-order valence-corrected chi connectivity index (χ1v) is 5.99. The molecule has 0 amide bonds. The Morgan fingerprint density at radius 1 is 1.19 bits per heavy atom. The van der Waals surface area contributed by atoms with Gasteiger partial charge in [0.05, 0.1) is 7.11 Å². The first-order valence-electron chi connectivity index (χ1n) is 5.99. The smallest absolute Gasteiger partial charge is 0.122 e. The second-order valence-corrected chi connectivity index (χ2v) is 4.02. The molecule has 0 atom stereocenters. The summed E-state index contributed by atoms with van der Waals surface area (Å²) in [7, 11) is 1.72. The van der Waals surface area contributed by atoms with Gasteiger partial charge in [-0.3, -0.25) is 0 Å². The highest BCUT2D eigenvalue weighted by molar-refractivity contribution is 5.36. The van der Waals surface area contributed by atoms with Gasteiger partial charge in [-0.2, -0.15) is 0 Å². The quantitative estimate of drug-likeness (QED) is 0.659. The fourth-order valence-corrected chi connectivity index (χ4v) is 1.64. The van der Waals surface area contributed by atoms with Gasteiger partial charge in [0.1, 0.15) is 5.75 Å². The van der Waals surface area contributed by atoms with Crippen LogP contribution >= 0.6 is 0 Å². The predicted octanol–water partition coefficient (Wildman–Crippen LogP) is 3.36. The van der Waals surface area contributed by atoms with E-state index in [1.54, 1.807) is 7.11 Å². The van der Waals surface area contributed by atoms with Gasteiger partial charge in [0.2, 0.25) is 0 Å². The van der Waals surface area contributed by atoms with Crippen molar-refractivity contribution in [3.05, 3.63) is 29.3 Å². The van der Waals surface area contributed by atoms with Gasteiger partial charge in [0, 0.05) is 13.2 Å². The van der Waals surface area contributed by atoms with Crippen LogP contribution in [-0.4, -0.2) is 20.3 Å². The van der Waals surface area contributed by atoms with Crippen molar-refractivity contribution in [2.75, 3.05) is 20.3 Å². The molecule has 1 aromatic rings. The van der Waals surface area contributed by atoms with E-state index in [-0.39, 0.29) is 0 Å². The minimum Gasteiger partial charge on any atom is -0.496 e. The summed E-state index contributed by atoms with van der Waals surface area (Å²) in [6.45, 7) is 5.92. The summed E-state index contributed by atoms with van der Waals surface area (Å²) in [5.74, 6) is 0.979. The number of methoxy groups -OCH3 is 1. The molecule has 0 unspecified atom stereocenters. The molecule has 0 fully saturated rings. The van der Waals surface area contributed by atoms with Crippen molar-refractivity contribution >= 4 is 0 Å². The lowest BCUT2D eigenvalue weighted by atomic mass is 10.1. The molecule has 1 aromatic carbocycles. The van der Waals surface area contributed by atoms with Crippen LogP contribution in [0, 0.1) is 6.92 Å². The minimum atomic E-state index is 0.851. The molecule has 0 aliphatic heterocycles. The lowest BCUT2D eigenvalue weighted by molar-refractivity contribution is 0.132. The van der Waals surface area contributed by atoms with Crippen molar-refractivity contribution in [3.8, 4) is 5.75 Å². The van der Waals surface area contributed by atoms with Gasteiger partial charge < -0.3 is 9.47 Å². The lowest BCUT2D eigenvalue weighted by Gasteiger charge is -2.07. The number of ether oxygens (including phenoxy) is 2. The summed E-state index contributed by atoms with van der Waals surface area (Å²) in [6, 6.07) is 6.40. The van der Waals surface area contributed by atoms with Gasteiger partial charge in [-0.05, 0) is 43.4 Å². The van der Waals surface area contributed by atoms with Crippen LogP contribution in [0.15, 0.2) is 18.2 Å². The normalized spacial score (nSPS) is 10.4. The standard InChI is InChI=1S/C14H22O2/c1-4-9-16-10-5-6-13-8-7-12(2)14(11-13)15-3/h7-8,11H,4-6,9-10H2,1-3H3. The van der Waals surface area contributed by atoms with Gasteiger partial charge in [0.25, 0.3) is 0 Å². The Morgan fingerprint density at radius 2 is 2.00 bits per heavy atom. The Balaban J connectivity index is 2.36. The number of aryl methyl sites for hydroxylation is 2. The fourth-order valence-electron chi connectivity index (χ4n) is 1.64. The third kappa shape index (κ3) is 4.23. The Labute approximate surface area is 98.6 Å². The van der Waals surface area contributed by atoms with Crippen LogP contribution in [0.5, 0.6) is 5.75 Å². The molecule has 0 saturated carbocycles. The maximum absolute atomic E-state index is 5.45. The first kappa shape index (κ1) is 13.0. The average Bonchev–Trinajstić information content (AvgIpc) is 2.31. The van der Waals surface area contributed by atoms with Gasteiger partial charge in [0.15, 0.2) is 0 Å². The molecule has 1 rings (SSSR count). The molecule has 16 heavy (non-hydrogen) atoms. The summed E-state index contributed by atoms with van der Waals surface area (Å²) in [6.07, 6.45) is 3.23. The molecule has 2 nitrogen and oxygen atoms in total. The predicted molar refractivity (Wildman–Crippen MR) is 67.2 cm³/mol. The second-order valence-electron chi connectivity index (χ2n) is 4.02. The molecule has 0 saturated heterocycles. The monoisotopic (exact) mass is 222 g/mol. The Bertz CT molecular complexity index is 308. The van der Waals surface area contributed by atoms with Crippen LogP contribution in [0.3, 0.4) is 0 Å². The Kier molecular flexibility index (Phi) is 5.94. The van der Waals surface area contributed by atoms with E-state index in [4.69, 9.17) is 9.47 Å². The average molecular weight is 222 g/mol. The highest BCUT2D eigenvalue weighted by atomic mass is 16.5. The van der Waals surface area contributed by atoms with Crippen LogP contribution in [-0.2, 0) is 11.2 Å². The van der Waals surface area contributed by atoms with Crippen LogP contribution < -0.4 is 4.74 Å². The van der Waals surface area contributed by atoms with Crippen LogP contribution in [0.4, 0.5) is 0 Å². The fraction of sp³-hybridized carbons (Fsp3) is 0.571. The van der Waals surface area contributed by atoms with E-state index < -0.39 is 0 Å². The summed E-state index contributed by atoms with van der Waals surface area (Å²) < 4.78 is 10.8. The largest absolute Gasteiger partial charge is 0.496 e. The lowest BCUT2D eigenvalue weighted by Crippen LogP contribution is -1.98. The van der Waals surface area contributed by atoms with E-state index in [1.165, 1.54) is 11.1 Å². The molecule has 0 radical (unpaired) electrons. The molecule has 2 heteroatoms. The zero-order valence-corrected chi connectivity index (χ0v) is 10.6. The number of rotatable bonds is 7. The summed E-state index contributed by atoms with van der Waals surface area (Å²) in [4.78, 5) is 0. The van der Waals surface area contributed by atoms with E-state index in [9.17, 15) is 0 Å². The van der Waals surface area contributed by atoms with Crippen molar-refractivity contribution in [2.24, 2.45) is 0 Å². The third-order valence-electron chi connectivity index (χ3n) is 2.58. The molecule has 0 aliphatic carbocycles. The van der Waals surface area contributed by atoms with E-state index >= 15 is 0 Å². The van der Waals surface area contributed by atoms with E-state index in [0.29, 0.717) is 0 Å².